The van der Waals surface area contributed by atoms with Crippen LogP contribution in [0.4, 0.5) is 22.7 Å². The molecule has 4 heterocycles. The van der Waals surface area contributed by atoms with Gasteiger partial charge in [-0.3, -0.25) is 20.0 Å². The maximum atomic E-state index is 5.14. The van der Waals surface area contributed by atoms with Crippen LogP contribution in [0.25, 0.3) is 76.8 Å². The van der Waals surface area contributed by atoms with Gasteiger partial charge in [-0.1, -0.05) is 72.8 Å². The highest BCUT2D eigenvalue weighted by Gasteiger charge is 2.51. The Hall–Kier alpha value is -7.32. The fourth-order valence-electron chi connectivity index (χ4n) is 14.2. The molecule has 0 spiro atoms. The third-order valence-corrected chi connectivity index (χ3v) is 20.9. The van der Waals surface area contributed by atoms with Crippen molar-refractivity contribution < 1.29 is 0 Å². The Balaban J connectivity index is 1.09. The zero-order valence-corrected chi connectivity index (χ0v) is 51.3. The van der Waals surface area contributed by atoms with E-state index in [4.69, 9.17) is 20.0 Å². The molecule has 8 aromatic rings. The Labute approximate surface area is 476 Å². The van der Waals surface area contributed by atoms with Gasteiger partial charge < -0.3 is 19.6 Å². The molecule has 0 bridgehead atoms. The molecule has 8 aromatic carbocycles. The van der Waals surface area contributed by atoms with Gasteiger partial charge in [0.15, 0.2) is 0 Å². The first-order valence-electron chi connectivity index (χ1n) is 29.0. The van der Waals surface area contributed by atoms with Crippen molar-refractivity contribution in [1.29, 1.82) is 0 Å². The Morgan fingerprint density at radius 3 is 0.575 bits per heavy atom. The van der Waals surface area contributed by atoms with E-state index < -0.39 is 0 Å². The Bertz CT molecular complexity index is 3460. The molecular formula is C72H82N8. The van der Waals surface area contributed by atoms with Crippen LogP contribution in [-0.4, -0.2) is 67.7 Å². The van der Waals surface area contributed by atoms with Gasteiger partial charge in [0.25, 0.3) is 0 Å². The molecule has 0 saturated carbocycles. The van der Waals surface area contributed by atoms with Gasteiger partial charge in [-0.05, 0) is 276 Å². The Kier molecular flexibility index (Phi) is 11.4. The molecule has 4 aliphatic rings. The van der Waals surface area contributed by atoms with Crippen LogP contribution in [0.1, 0.15) is 138 Å². The maximum absolute atomic E-state index is 5.14. The molecule has 4 aliphatic heterocycles. The fraction of sp³-hybridized carbons (Fsp3) is 0.389. The summed E-state index contributed by atoms with van der Waals surface area (Å²) in [6, 6.07) is 51.5. The highest BCUT2D eigenvalue weighted by molar-refractivity contribution is 6.32. The summed E-state index contributed by atoms with van der Waals surface area (Å²) in [5, 5.41) is 7.47. The molecule has 0 aromatic heterocycles. The second kappa shape index (κ2) is 17.1. The zero-order valence-electron chi connectivity index (χ0n) is 51.3. The van der Waals surface area contributed by atoms with Crippen molar-refractivity contribution in [2.75, 3.05) is 19.6 Å². The molecule has 0 amide bonds. The van der Waals surface area contributed by atoms with E-state index in [1.165, 1.54) is 76.8 Å². The summed E-state index contributed by atoms with van der Waals surface area (Å²) in [5.74, 6) is 4.17. The van der Waals surface area contributed by atoms with Crippen molar-refractivity contribution in [1.82, 2.24) is 0 Å². The minimum atomic E-state index is -0.230. The molecule has 410 valence electrons. The molecule has 8 nitrogen and oxygen atoms in total. The van der Waals surface area contributed by atoms with Gasteiger partial charge in [0, 0.05) is 22.7 Å². The molecule has 0 fully saturated rings. The van der Waals surface area contributed by atoms with Crippen LogP contribution in [0.15, 0.2) is 153 Å². The lowest BCUT2D eigenvalue weighted by Crippen LogP contribution is -2.52. The van der Waals surface area contributed by atoms with Crippen LogP contribution in [0, 0.1) is 0 Å². The third-order valence-electron chi connectivity index (χ3n) is 20.9. The molecule has 0 radical (unpaired) electrons. The van der Waals surface area contributed by atoms with Crippen LogP contribution < -0.4 is 19.6 Å². The average Bonchev–Trinajstić information content (AvgIpc) is 3.98. The highest BCUT2D eigenvalue weighted by atomic mass is 15.4. The van der Waals surface area contributed by atoms with Gasteiger partial charge in [0.1, 0.15) is 23.3 Å². The van der Waals surface area contributed by atoms with Gasteiger partial charge >= 0.3 is 0 Å². The number of benzene rings is 8. The molecule has 0 N–H and O–H groups in total. The lowest BCUT2D eigenvalue weighted by atomic mass is 9.81. The summed E-state index contributed by atoms with van der Waals surface area (Å²) in [7, 11) is 0. The molecule has 0 atom stereocenters. The van der Waals surface area contributed by atoms with Gasteiger partial charge in [0.2, 0.25) is 0 Å². The second-order valence-electron chi connectivity index (χ2n) is 27.7. The monoisotopic (exact) mass is 1060 g/mol. The molecule has 0 saturated heterocycles. The van der Waals surface area contributed by atoms with Crippen molar-refractivity contribution >= 4 is 78.4 Å². The van der Waals surface area contributed by atoms with Gasteiger partial charge in [-0.2, -0.15) is 0 Å². The van der Waals surface area contributed by atoms with Crippen LogP contribution in [0.3, 0.4) is 0 Å². The lowest BCUT2D eigenvalue weighted by Gasteiger charge is -2.41. The predicted octanol–water partition coefficient (Wildman–Crippen LogP) is 18.4. The van der Waals surface area contributed by atoms with E-state index in [9.17, 15) is 0 Å². The van der Waals surface area contributed by atoms with Crippen LogP contribution in [0.5, 0.6) is 0 Å². The largest absolute Gasteiger partial charge is 0.322 e. The van der Waals surface area contributed by atoms with Crippen molar-refractivity contribution in [3.63, 3.8) is 0 Å². The zero-order chi connectivity index (χ0) is 57.4. The minimum absolute atomic E-state index is 0.199. The van der Waals surface area contributed by atoms with E-state index in [-0.39, 0.29) is 44.3 Å². The van der Waals surface area contributed by atoms with E-state index in [2.05, 4.69) is 292 Å². The summed E-state index contributed by atoms with van der Waals surface area (Å²) < 4.78 is 0. The van der Waals surface area contributed by atoms with Crippen LogP contribution in [-0.2, 0) is 0 Å². The quantitative estimate of drug-likeness (QED) is 0.142. The van der Waals surface area contributed by atoms with E-state index >= 15 is 0 Å². The van der Waals surface area contributed by atoms with E-state index in [0.29, 0.717) is 0 Å². The number of hydrogen-bond acceptors (Lipinski definition) is 8. The topological polar surface area (TPSA) is 62.4 Å². The molecular weight excluding hydrogens is 977 g/mol. The molecule has 80 heavy (non-hydrogen) atoms. The molecule has 0 unspecified atom stereocenters. The Morgan fingerprint density at radius 1 is 0.250 bits per heavy atom. The Morgan fingerprint density at radius 2 is 0.425 bits per heavy atom. The first-order valence-corrected chi connectivity index (χ1v) is 29.0. The molecule has 12 rings (SSSR count). The van der Waals surface area contributed by atoms with Crippen molar-refractivity contribution in [2.24, 2.45) is 20.0 Å². The van der Waals surface area contributed by atoms with Gasteiger partial charge in [-0.15, -0.1) is 0 Å². The molecule has 0 aliphatic carbocycles. The SMILES string of the molecule is CC1=NC(C)(C)C(C)(C)N1c1ccc(-c2cc(-c3ccc(N4C(C)=NC(C)(C)C4(C)C)cc3)c3ccc4c(-c5ccc(N6C(C)=NC(C)(C)C6(C)C)cc5)cc(-c5ccc(N6C(C)=NC(C)(C)C6(C)C)cc5)c5ccc2c3c54)cc1. The summed E-state index contributed by atoms with van der Waals surface area (Å²) in [4.78, 5) is 30.2. The number of aliphatic imine (C=N–C) groups is 4. The summed E-state index contributed by atoms with van der Waals surface area (Å²) in [6.45, 7) is 44.9. The number of amidine groups is 4. The average molecular weight is 1060 g/mol. The number of nitrogens with zero attached hydrogens (tertiary/aromatic N) is 8. The first-order chi connectivity index (χ1) is 37.3. The van der Waals surface area contributed by atoms with Gasteiger partial charge in [0.05, 0.1) is 44.3 Å². The summed E-state index contributed by atoms with van der Waals surface area (Å²) in [5.41, 5.74) is 12.4. The predicted molar refractivity (Wildman–Crippen MR) is 347 cm³/mol. The number of anilines is 4. The fourth-order valence-corrected chi connectivity index (χ4v) is 14.2. The normalized spacial score (nSPS) is 21.0. The van der Waals surface area contributed by atoms with Crippen molar-refractivity contribution in [2.45, 2.75) is 183 Å². The number of hydrogen-bond donors (Lipinski definition) is 0. The highest BCUT2D eigenvalue weighted by Crippen LogP contribution is 2.51. The van der Waals surface area contributed by atoms with Crippen LogP contribution >= 0.6 is 0 Å². The molecule has 8 heteroatoms. The smallest absolute Gasteiger partial charge is 0.102 e. The lowest BCUT2D eigenvalue weighted by molar-refractivity contribution is 0.338. The summed E-state index contributed by atoms with van der Waals surface area (Å²) >= 11 is 0. The van der Waals surface area contributed by atoms with E-state index in [0.717, 1.165) is 46.1 Å². The van der Waals surface area contributed by atoms with Crippen LogP contribution in [0.2, 0.25) is 0 Å². The van der Waals surface area contributed by atoms with Crippen molar-refractivity contribution in [3.05, 3.63) is 133 Å². The summed E-state index contributed by atoms with van der Waals surface area (Å²) in [6.07, 6.45) is 0. The first kappa shape index (κ1) is 53.3. The third kappa shape index (κ3) is 7.45. The maximum Gasteiger partial charge on any atom is 0.102 e. The van der Waals surface area contributed by atoms with Crippen molar-refractivity contribution in [3.8, 4) is 44.5 Å². The minimum Gasteiger partial charge on any atom is -0.322 e. The second-order valence-corrected chi connectivity index (χ2v) is 27.7. The standard InChI is InChI=1S/C72H82N8/c1-43-73-65(5,6)69(13,14)77(43)51-29-21-47(22-30-51)59-41-60(48-23-31-52(32-24-48)78-44(2)74-66(7,8)70(78,15)16)56-39-40-58-62(50-27-35-54(36-28-50)80-46(4)76-68(11,12)72(80,19)20)42-61(57-38-37-55(59)63(56)64(57)58)49-25-33-53(34-26-49)79-45(3)75-67(9,10)71(79,17)18/h21-42H,1-20H3. The van der Waals surface area contributed by atoms with Gasteiger partial charge in [-0.25, -0.2) is 0 Å². The van der Waals surface area contributed by atoms with E-state index in [1.807, 2.05) is 0 Å². The number of rotatable bonds is 8. The van der Waals surface area contributed by atoms with E-state index in [1.54, 1.807) is 0 Å².